The van der Waals surface area contributed by atoms with Crippen molar-refractivity contribution < 1.29 is 8.76 Å². The summed E-state index contributed by atoms with van der Waals surface area (Å²) >= 11 is -2.01. The smallest absolute Gasteiger partial charge is 0.186 e. The second-order valence-electron chi connectivity index (χ2n) is 7.67. The van der Waals surface area contributed by atoms with Gasteiger partial charge in [-0.3, -0.25) is 0 Å². The molecule has 0 aliphatic carbocycles. The first-order valence-electron chi connectivity index (χ1n) is 9.54. The van der Waals surface area contributed by atoms with Crippen LogP contribution in [0.15, 0.2) is 71.6 Å². The lowest BCUT2D eigenvalue weighted by Crippen LogP contribution is -2.11. The second-order valence-corrected chi connectivity index (χ2v) is 8.64. The van der Waals surface area contributed by atoms with Gasteiger partial charge in [0.05, 0.1) is 4.90 Å². The molecule has 0 aliphatic rings. The Kier molecular flexibility index (Phi) is 6.40. The summed E-state index contributed by atoms with van der Waals surface area (Å²) in [5.41, 5.74) is 6.71. The van der Waals surface area contributed by atoms with Gasteiger partial charge in [0, 0.05) is 45.5 Å². The molecule has 3 rings (SSSR count). The zero-order valence-electron chi connectivity index (χ0n) is 17.6. The Morgan fingerprint density at radius 1 is 0.759 bits per heavy atom. The van der Waals surface area contributed by atoms with Gasteiger partial charge in [-0.2, -0.15) is 0 Å². The summed E-state index contributed by atoms with van der Waals surface area (Å²) in [5.74, 6) is -0.0223. The van der Waals surface area contributed by atoms with E-state index in [9.17, 15) is 8.76 Å². The van der Waals surface area contributed by atoms with E-state index in [0.29, 0.717) is 4.90 Å². The zero-order chi connectivity index (χ0) is 21.1. The molecule has 5 heteroatoms. The lowest BCUT2D eigenvalue weighted by Gasteiger charge is -2.23. The first-order chi connectivity index (χ1) is 13.8. The predicted octanol–water partition coefficient (Wildman–Crippen LogP) is 4.89. The third kappa shape index (κ3) is 4.69. The molecule has 0 saturated heterocycles. The summed E-state index contributed by atoms with van der Waals surface area (Å²) in [6, 6.07) is 22.5. The summed E-state index contributed by atoms with van der Waals surface area (Å²) in [4.78, 5) is 4.57. The molecule has 3 aromatic carbocycles. The minimum absolute atomic E-state index is 0.0223. The van der Waals surface area contributed by atoms with Gasteiger partial charge >= 0.3 is 0 Å². The van der Waals surface area contributed by atoms with E-state index in [1.54, 1.807) is 6.07 Å². The largest absolute Gasteiger partial charge is 0.378 e. The van der Waals surface area contributed by atoms with E-state index in [-0.39, 0.29) is 5.92 Å². The van der Waals surface area contributed by atoms with E-state index in [1.807, 2.05) is 40.3 Å². The van der Waals surface area contributed by atoms with Crippen LogP contribution in [0.1, 0.15) is 28.2 Å². The molecule has 1 N–H and O–H groups in total. The highest BCUT2D eigenvalue weighted by atomic mass is 32.2. The summed E-state index contributed by atoms with van der Waals surface area (Å²) in [5, 5.41) is 0. The fourth-order valence-electron chi connectivity index (χ4n) is 3.52. The normalized spacial score (nSPS) is 12.1. The van der Waals surface area contributed by atoms with E-state index in [1.165, 1.54) is 0 Å². The average Bonchev–Trinajstić information content (AvgIpc) is 2.70. The topological polar surface area (TPSA) is 43.8 Å². The molecule has 0 saturated carbocycles. The third-order valence-corrected chi connectivity index (χ3v) is 5.91. The van der Waals surface area contributed by atoms with Gasteiger partial charge < -0.3 is 14.4 Å². The Morgan fingerprint density at radius 2 is 1.21 bits per heavy atom. The van der Waals surface area contributed by atoms with E-state index >= 15 is 0 Å². The number of hydrogen-bond donors (Lipinski definition) is 1. The van der Waals surface area contributed by atoms with Gasteiger partial charge in [-0.15, -0.1) is 0 Å². The Bertz CT molecular complexity index is 945. The summed E-state index contributed by atoms with van der Waals surface area (Å²) < 4.78 is 21.3. The van der Waals surface area contributed by atoms with Crippen molar-refractivity contribution in [2.24, 2.45) is 0 Å². The first-order valence-corrected chi connectivity index (χ1v) is 10.6. The minimum Gasteiger partial charge on any atom is -0.378 e. The number of nitrogens with zero attached hydrogens (tertiary/aromatic N) is 2. The van der Waals surface area contributed by atoms with Gasteiger partial charge in [0.2, 0.25) is 0 Å². The second kappa shape index (κ2) is 8.80. The first kappa shape index (κ1) is 21.1. The highest BCUT2D eigenvalue weighted by Crippen LogP contribution is 2.36. The maximum absolute atomic E-state index is 11.7. The third-order valence-electron chi connectivity index (χ3n) is 5.25. The van der Waals surface area contributed by atoms with Crippen molar-refractivity contribution in [3.63, 3.8) is 0 Å². The Hall–Kier alpha value is -2.63. The van der Waals surface area contributed by atoms with Crippen LogP contribution in [-0.4, -0.2) is 37.0 Å². The molecule has 152 valence electrons. The van der Waals surface area contributed by atoms with E-state index < -0.39 is 11.1 Å². The number of benzene rings is 3. The van der Waals surface area contributed by atoms with Gasteiger partial charge in [-0.05, 0) is 65.6 Å². The molecule has 0 bridgehead atoms. The average molecular weight is 409 g/mol. The maximum Gasteiger partial charge on any atom is 0.186 e. The molecule has 29 heavy (non-hydrogen) atoms. The van der Waals surface area contributed by atoms with Crippen molar-refractivity contribution in [2.75, 3.05) is 38.0 Å². The number of rotatable bonds is 6. The minimum atomic E-state index is -2.01. The van der Waals surface area contributed by atoms with E-state index in [4.69, 9.17) is 0 Å². The molecular weight excluding hydrogens is 380 g/mol. The molecule has 1 unspecified atom stereocenters. The number of anilines is 2. The van der Waals surface area contributed by atoms with E-state index in [0.717, 1.165) is 33.6 Å². The molecular formula is C24H28N2O2S. The van der Waals surface area contributed by atoms with Crippen LogP contribution in [0.2, 0.25) is 0 Å². The molecule has 0 heterocycles. The van der Waals surface area contributed by atoms with Crippen molar-refractivity contribution >= 4 is 22.5 Å². The molecule has 3 aromatic rings. The highest BCUT2D eigenvalue weighted by Gasteiger charge is 2.20. The van der Waals surface area contributed by atoms with Crippen molar-refractivity contribution in [1.82, 2.24) is 0 Å². The van der Waals surface area contributed by atoms with Gasteiger partial charge in [0.15, 0.2) is 11.1 Å². The summed E-state index contributed by atoms with van der Waals surface area (Å²) in [7, 11) is 8.10. The number of aryl methyl sites for hydroxylation is 1. The Morgan fingerprint density at radius 3 is 1.59 bits per heavy atom. The molecule has 4 nitrogen and oxygen atoms in total. The molecule has 0 radical (unpaired) electrons. The van der Waals surface area contributed by atoms with E-state index in [2.05, 4.69) is 65.3 Å². The fourth-order valence-corrected chi connectivity index (χ4v) is 3.93. The Balaban J connectivity index is 2.16. The van der Waals surface area contributed by atoms with Crippen LogP contribution in [0, 0.1) is 6.92 Å². The molecule has 0 spiro atoms. The quantitative estimate of drug-likeness (QED) is 0.466. The molecule has 0 amide bonds. The standard InChI is InChI=1S/C24H28N2O2S/c1-17-6-15-22(29(27)28)16-23(17)24(18-7-11-20(12-8-18)25(2)3)19-9-13-21(14-10-19)26(4)5/h6-16,24H,1-5H3,(H,27,28). The van der Waals surface area contributed by atoms with Crippen LogP contribution < -0.4 is 9.80 Å². The predicted molar refractivity (Wildman–Crippen MR) is 123 cm³/mol. The van der Waals surface area contributed by atoms with Crippen molar-refractivity contribution in [2.45, 2.75) is 17.7 Å². The van der Waals surface area contributed by atoms with Crippen LogP contribution in [0.25, 0.3) is 0 Å². The molecule has 0 aromatic heterocycles. The molecule has 0 aliphatic heterocycles. The lowest BCUT2D eigenvalue weighted by atomic mass is 9.83. The van der Waals surface area contributed by atoms with Gasteiger partial charge in [0.25, 0.3) is 0 Å². The van der Waals surface area contributed by atoms with Crippen molar-refractivity contribution in [3.8, 4) is 0 Å². The van der Waals surface area contributed by atoms with Crippen LogP contribution in [0.4, 0.5) is 11.4 Å². The summed E-state index contributed by atoms with van der Waals surface area (Å²) in [6.45, 7) is 2.05. The van der Waals surface area contributed by atoms with Crippen molar-refractivity contribution in [3.05, 3.63) is 89.0 Å². The highest BCUT2D eigenvalue weighted by molar-refractivity contribution is 7.79. The fraction of sp³-hybridized carbons (Fsp3) is 0.250. The number of hydrogen-bond acceptors (Lipinski definition) is 3. The van der Waals surface area contributed by atoms with Crippen LogP contribution in [0.5, 0.6) is 0 Å². The van der Waals surface area contributed by atoms with Crippen LogP contribution in [-0.2, 0) is 11.1 Å². The van der Waals surface area contributed by atoms with Crippen molar-refractivity contribution in [1.29, 1.82) is 0 Å². The Labute approximate surface area is 176 Å². The lowest BCUT2D eigenvalue weighted by molar-refractivity contribution is 0.564. The van der Waals surface area contributed by atoms with Gasteiger partial charge in [-0.1, -0.05) is 30.3 Å². The van der Waals surface area contributed by atoms with Gasteiger partial charge in [-0.25, -0.2) is 4.21 Å². The molecule has 0 fully saturated rings. The zero-order valence-corrected chi connectivity index (χ0v) is 18.4. The molecule has 1 atom stereocenters. The SMILES string of the molecule is Cc1ccc(S(=O)O)cc1C(c1ccc(N(C)C)cc1)c1ccc(N(C)C)cc1. The van der Waals surface area contributed by atoms with Crippen LogP contribution in [0.3, 0.4) is 0 Å². The van der Waals surface area contributed by atoms with Gasteiger partial charge in [0.1, 0.15) is 0 Å². The monoisotopic (exact) mass is 408 g/mol. The van der Waals surface area contributed by atoms with Crippen LogP contribution >= 0.6 is 0 Å². The maximum atomic E-state index is 11.7. The summed E-state index contributed by atoms with van der Waals surface area (Å²) in [6.07, 6.45) is 0.